The van der Waals surface area contributed by atoms with Gasteiger partial charge in [0, 0.05) is 0 Å². The van der Waals surface area contributed by atoms with Crippen LogP contribution in [0.15, 0.2) is 12.2 Å². The van der Waals surface area contributed by atoms with Crippen LogP contribution in [0.5, 0.6) is 0 Å². The first-order chi connectivity index (χ1) is 4.70. The second-order valence-electron chi connectivity index (χ2n) is 1.85. The van der Waals surface area contributed by atoms with Crippen LogP contribution in [0.4, 0.5) is 0 Å². The maximum atomic E-state index is 10.6. The highest BCUT2D eigenvalue weighted by atomic mass is 79.9. The van der Waals surface area contributed by atoms with Crippen molar-refractivity contribution in [3.63, 3.8) is 0 Å². The van der Waals surface area contributed by atoms with Gasteiger partial charge in [-0.05, 0) is 19.9 Å². The lowest BCUT2D eigenvalue weighted by atomic mass is 10.4. The summed E-state index contributed by atoms with van der Waals surface area (Å²) in [6.07, 6.45) is 3.56. The topological polar surface area (TPSA) is 26.3 Å². The van der Waals surface area contributed by atoms with Gasteiger partial charge in [0.2, 0.25) is 0 Å². The van der Waals surface area contributed by atoms with Crippen LogP contribution >= 0.6 is 15.9 Å². The minimum atomic E-state index is -0.231. The summed E-state index contributed by atoms with van der Waals surface area (Å²) in [4.78, 5) is 10.6. The Morgan fingerprint density at radius 1 is 1.80 bits per heavy atom. The van der Waals surface area contributed by atoms with Gasteiger partial charge < -0.3 is 4.74 Å². The Bertz CT molecular complexity index is 132. The minimum absolute atomic E-state index is 0.116. The Labute approximate surface area is 69.4 Å². The SMILES string of the molecule is CC=CC(C)OC(=O)CBr. The minimum Gasteiger partial charge on any atom is -0.458 e. The zero-order chi connectivity index (χ0) is 7.98. The van der Waals surface area contributed by atoms with Crippen LogP contribution < -0.4 is 0 Å². The highest BCUT2D eigenvalue weighted by Crippen LogP contribution is 1.95. The summed E-state index contributed by atoms with van der Waals surface area (Å²) in [6, 6.07) is 0. The zero-order valence-corrected chi connectivity index (χ0v) is 7.72. The number of halogens is 1. The number of alkyl halides is 1. The number of carbonyl (C=O) groups is 1. The summed E-state index contributed by atoms with van der Waals surface area (Å²) in [5.74, 6) is -0.231. The van der Waals surface area contributed by atoms with Crippen molar-refractivity contribution in [2.24, 2.45) is 0 Å². The number of carbonyl (C=O) groups excluding carboxylic acids is 1. The van der Waals surface area contributed by atoms with Crippen LogP contribution in [-0.4, -0.2) is 17.4 Å². The maximum Gasteiger partial charge on any atom is 0.317 e. The Morgan fingerprint density at radius 3 is 2.80 bits per heavy atom. The second-order valence-corrected chi connectivity index (χ2v) is 2.42. The van der Waals surface area contributed by atoms with Crippen LogP contribution in [0, 0.1) is 0 Å². The van der Waals surface area contributed by atoms with Crippen LogP contribution in [0.3, 0.4) is 0 Å². The molecule has 0 aromatic heterocycles. The van der Waals surface area contributed by atoms with Crippen molar-refractivity contribution < 1.29 is 9.53 Å². The monoisotopic (exact) mass is 206 g/mol. The average Bonchev–Trinajstić information content (AvgIpc) is 1.88. The highest BCUT2D eigenvalue weighted by molar-refractivity contribution is 9.09. The molecule has 0 aliphatic rings. The third-order valence-corrected chi connectivity index (χ3v) is 1.35. The summed E-state index contributed by atoms with van der Waals surface area (Å²) < 4.78 is 4.87. The maximum absolute atomic E-state index is 10.6. The lowest BCUT2D eigenvalue weighted by molar-refractivity contribution is -0.142. The molecule has 1 unspecified atom stereocenters. The normalized spacial score (nSPS) is 13.5. The molecule has 58 valence electrons. The van der Waals surface area contributed by atoms with Gasteiger partial charge in [0.1, 0.15) is 11.4 Å². The molecule has 10 heavy (non-hydrogen) atoms. The summed E-state index contributed by atoms with van der Waals surface area (Å²) in [5, 5.41) is 0.259. The van der Waals surface area contributed by atoms with Gasteiger partial charge in [-0.15, -0.1) is 0 Å². The second kappa shape index (κ2) is 5.47. The van der Waals surface area contributed by atoms with Crippen LogP contribution in [0.2, 0.25) is 0 Å². The van der Waals surface area contributed by atoms with Gasteiger partial charge in [0.05, 0.1) is 0 Å². The van der Waals surface area contributed by atoms with Crippen LogP contribution in [-0.2, 0) is 9.53 Å². The van der Waals surface area contributed by atoms with E-state index in [1.54, 1.807) is 0 Å². The van der Waals surface area contributed by atoms with E-state index in [9.17, 15) is 4.79 Å². The third-order valence-electron chi connectivity index (χ3n) is 0.890. The van der Waals surface area contributed by atoms with E-state index >= 15 is 0 Å². The van der Waals surface area contributed by atoms with Gasteiger partial charge in [0.15, 0.2) is 0 Å². The first kappa shape index (κ1) is 9.69. The number of esters is 1. The number of allylic oxidation sites excluding steroid dienone is 1. The summed E-state index contributed by atoms with van der Waals surface area (Å²) in [6.45, 7) is 3.71. The van der Waals surface area contributed by atoms with Crippen molar-refractivity contribution in [1.82, 2.24) is 0 Å². The van der Waals surface area contributed by atoms with Crippen molar-refractivity contribution in [1.29, 1.82) is 0 Å². The fraction of sp³-hybridized carbons (Fsp3) is 0.571. The molecule has 0 amide bonds. The first-order valence-corrected chi connectivity index (χ1v) is 4.21. The lowest BCUT2D eigenvalue weighted by Gasteiger charge is -2.05. The smallest absolute Gasteiger partial charge is 0.317 e. The Kier molecular flexibility index (Phi) is 5.30. The van der Waals surface area contributed by atoms with Crippen molar-refractivity contribution in [2.75, 3.05) is 5.33 Å². The van der Waals surface area contributed by atoms with Gasteiger partial charge in [-0.1, -0.05) is 22.0 Å². The summed E-state index contributed by atoms with van der Waals surface area (Å²) in [7, 11) is 0. The molecule has 0 saturated carbocycles. The summed E-state index contributed by atoms with van der Waals surface area (Å²) >= 11 is 3.00. The molecule has 0 radical (unpaired) electrons. The van der Waals surface area contributed by atoms with Crippen molar-refractivity contribution >= 4 is 21.9 Å². The molecule has 1 atom stereocenters. The largest absolute Gasteiger partial charge is 0.458 e. The number of ether oxygens (including phenoxy) is 1. The molecular weight excluding hydrogens is 196 g/mol. The Hall–Kier alpha value is -0.310. The van der Waals surface area contributed by atoms with Crippen LogP contribution in [0.1, 0.15) is 13.8 Å². The first-order valence-electron chi connectivity index (χ1n) is 3.09. The molecule has 0 N–H and O–H groups in total. The Balaban J connectivity index is 3.57. The Morgan fingerprint density at radius 2 is 2.40 bits per heavy atom. The fourth-order valence-corrected chi connectivity index (χ4v) is 0.681. The van der Waals surface area contributed by atoms with Gasteiger partial charge in [-0.25, -0.2) is 0 Å². The number of hydrogen-bond acceptors (Lipinski definition) is 2. The predicted octanol–water partition coefficient (Wildman–Crippen LogP) is 1.89. The third kappa shape index (κ3) is 4.56. The molecule has 0 heterocycles. The molecule has 0 spiro atoms. The molecule has 0 aliphatic heterocycles. The molecule has 3 heteroatoms. The fourth-order valence-electron chi connectivity index (χ4n) is 0.549. The van der Waals surface area contributed by atoms with Gasteiger partial charge >= 0.3 is 5.97 Å². The standard InChI is InChI=1S/C7H11BrO2/c1-3-4-6(2)10-7(9)5-8/h3-4,6H,5H2,1-2H3. The van der Waals surface area contributed by atoms with Crippen molar-refractivity contribution in [2.45, 2.75) is 20.0 Å². The molecule has 0 saturated heterocycles. The van der Waals surface area contributed by atoms with Crippen molar-refractivity contribution in [3.8, 4) is 0 Å². The van der Waals surface area contributed by atoms with Gasteiger partial charge in [-0.3, -0.25) is 4.79 Å². The number of hydrogen-bond donors (Lipinski definition) is 0. The van der Waals surface area contributed by atoms with E-state index in [-0.39, 0.29) is 17.4 Å². The molecule has 0 aromatic rings. The molecule has 0 rings (SSSR count). The molecule has 0 bridgehead atoms. The number of rotatable bonds is 3. The summed E-state index contributed by atoms with van der Waals surface area (Å²) in [5.41, 5.74) is 0. The van der Waals surface area contributed by atoms with Gasteiger partial charge in [0.25, 0.3) is 0 Å². The van der Waals surface area contributed by atoms with E-state index in [0.717, 1.165) is 0 Å². The van der Waals surface area contributed by atoms with E-state index < -0.39 is 0 Å². The van der Waals surface area contributed by atoms with E-state index in [0.29, 0.717) is 0 Å². The molecule has 0 aromatic carbocycles. The van der Waals surface area contributed by atoms with Crippen LogP contribution in [0.25, 0.3) is 0 Å². The lowest BCUT2D eigenvalue weighted by Crippen LogP contribution is -2.12. The predicted molar refractivity (Wildman–Crippen MR) is 44.2 cm³/mol. The van der Waals surface area contributed by atoms with Gasteiger partial charge in [-0.2, -0.15) is 0 Å². The van der Waals surface area contributed by atoms with Crippen molar-refractivity contribution in [3.05, 3.63) is 12.2 Å². The van der Waals surface area contributed by atoms with E-state index in [4.69, 9.17) is 4.74 Å². The zero-order valence-electron chi connectivity index (χ0n) is 6.13. The molecular formula is C7H11BrO2. The molecule has 2 nitrogen and oxygen atoms in total. The average molecular weight is 207 g/mol. The molecule has 0 fully saturated rings. The van der Waals surface area contributed by atoms with E-state index in [1.165, 1.54) is 0 Å². The molecule has 0 aliphatic carbocycles. The highest BCUT2D eigenvalue weighted by Gasteiger charge is 2.02. The quantitative estimate of drug-likeness (QED) is 0.401. The van der Waals surface area contributed by atoms with E-state index in [1.807, 2.05) is 26.0 Å². The van der Waals surface area contributed by atoms with E-state index in [2.05, 4.69) is 15.9 Å².